The summed E-state index contributed by atoms with van der Waals surface area (Å²) in [5.74, 6) is -7.17. The molecule has 4 aromatic rings. The van der Waals surface area contributed by atoms with Crippen LogP contribution in [0.3, 0.4) is 0 Å². The average Bonchev–Trinajstić information content (AvgIpc) is 3.98. The number of primary amides is 1. The fourth-order valence-electron chi connectivity index (χ4n) is 7.43. The standard InChI is InChI=1S/C45H58N12O10S/c1-26(58)49-24-39(60)52-37-21-38(59)48-16-9-8-14-32(40(46)61)53-43(64)35(19-28-22-50-31-13-7-6-12-30(28)31)56-41(62)33(15-17-68(2)67)54-42(63)34(18-27-10-4-3-5-11-27)55-44(65)36(57-45(37)66)20-29-23-47-25-51-29/h3-7,10-13,22-23,25,32-37,50H,8-9,14-21,24H2,1-2H3,(H2,46,61)(H,47,51)(H,48,59)(H,49,58)(H,52,60)(H,53,64)(H,54,63)(H,55,65)(H,56,62)(H,57,66)/t32?,33-,34?,35-,36-,37?,68?/m0/s1. The Hall–Kier alpha value is -7.43. The second kappa shape index (κ2) is 25.5. The first-order valence-electron chi connectivity index (χ1n) is 22.0. The highest BCUT2D eigenvalue weighted by Gasteiger charge is 2.35. The van der Waals surface area contributed by atoms with Crippen LogP contribution in [0.15, 0.2) is 73.3 Å². The van der Waals surface area contributed by atoms with Gasteiger partial charge in [-0.25, -0.2) is 4.98 Å². The number of amides is 9. The summed E-state index contributed by atoms with van der Waals surface area (Å²) in [4.78, 5) is 132. The lowest BCUT2D eigenvalue weighted by Crippen LogP contribution is -2.60. The van der Waals surface area contributed by atoms with Gasteiger partial charge < -0.3 is 58.2 Å². The third kappa shape index (κ3) is 16.2. The third-order valence-electron chi connectivity index (χ3n) is 11.0. The molecule has 1 aliphatic heterocycles. The van der Waals surface area contributed by atoms with E-state index in [4.69, 9.17) is 5.73 Å². The second-order valence-corrected chi connectivity index (χ2v) is 17.9. The predicted octanol–water partition coefficient (Wildman–Crippen LogP) is -2.09. The number of rotatable bonds is 13. The van der Waals surface area contributed by atoms with Gasteiger partial charge in [-0.05, 0) is 42.9 Å². The Morgan fingerprint density at radius 3 is 2.07 bits per heavy atom. The third-order valence-corrected chi connectivity index (χ3v) is 11.8. The van der Waals surface area contributed by atoms with Crippen LogP contribution in [0.2, 0.25) is 0 Å². The molecule has 1 saturated heterocycles. The van der Waals surface area contributed by atoms with Crippen LogP contribution < -0.4 is 48.3 Å². The van der Waals surface area contributed by atoms with E-state index in [1.54, 1.807) is 36.5 Å². The zero-order chi connectivity index (χ0) is 49.2. The Labute approximate surface area is 394 Å². The highest BCUT2D eigenvalue weighted by atomic mass is 32.2. The molecule has 5 rings (SSSR count). The van der Waals surface area contributed by atoms with Crippen molar-refractivity contribution in [3.8, 4) is 0 Å². The molecule has 9 amide bonds. The Morgan fingerprint density at radius 2 is 1.40 bits per heavy atom. The van der Waals surface area contributed by atoms with Crippen LogP contribution in [0, 0.1) is 0 Å². The van der Waals surface area contributed by atoms with E-state index in [2.05, 4.69) is 57.5 Å². The number of para-hydroxylation sites is 1. The molecule has 0 saturated carbocycles. The van der Waals surface area contributed by atoms with Crippen LogP contribution >= 0.6 is 0 Å². The van der Waals surface area contributed by atoms with Gasteiger partial charge in [0.1, 0.15) is 36.3 Å². The molecular formula is C45H58N12O10S. The molecule has 364 valence electrons. The lowest BCUT2D eigenvalue weighted by atomic mass is 10.0. The Bertz CT molecular complexity index is 2450. The van der Waals surface area contributed by atoms with Crippen molar-refractivity contribution in [2.24, 2.45) is 5.73 Å². The molecule has 0 aliphatic carbocycles. The summed E-state index contributed by atoms with van der Waals surface area (Å²) >= 11 is 0. The Kier molecular flexibility index (Phi) is 19.3. The number of nitrogens with zero attached hydrogens (tertiary/aromatic N) is 1. The van der Waals surface area contributed by atoms with Crippen molar-refractivity contribution in [3.05, 3.63) is 90.1 Å². The number of carbonyl (C=O) groups is 9. The Balaban J connectivity index is 1.53. The normalized spacial score (nSPS) is 22.3. The number of hydrogen-bond acceptors (Lipinski definition) is 11. The quantitative estimate of drug-likeness (QED) is 0.0690. The van der Waals surface area contributed by atoms with E-state index in [0.717, 1.165) is 10.9 Å². The first-order chi connectivity index (χ1) is 32.6. The number of benzene rings is 2. The van der Waals surface area contributed by atoms with E-state index in [9.17, 15) is 47.4 Å². The molecule has 0 spiro atoms. The monoisotopic (exact) mass is 958 g/mol. The molecule has 2 aromatic heterocycles. The summed E-state index contributed by atoms with van der Waals surface area (Å²) in [5, 5.41) is 21.6. The van der Waals surface area contributed by atoms with Crippen molar-refractivity contribution in [2.45, 2.75) is 94.5 Å². The number of nitrogens with two attached hydrogens (primary N) is 1. The van der Waals surface area contributed by atoms with Gasteiger partial charge in [0.05, 0.1) is 19.3 Å². The topological polar surface area (TPSA) is 337 Å². The van der Waals surface area contributed by atoms with Crippen molar-refractivity contribution < 1.29 is 47.4 Å². The number of H-pyrrole nitrogens is 2. The zero-order valence-electron chi connectivity index (χ0n) is 37.7. The number of imidazole rings is 1. The summed E-state index contributed by atoms with van der Waals surface area (Å²) < 4.78 is 12.4. The highest BCUT2D eigenvalue weighted by molar-refractivity contribution is 7.84. The minimum absolute atomic E-state index is 0.0392. The summed E-state index contributed by atoms with van der Waals surface area (Å²) in [6, 6.07) is 7.58. The highest BCUT2D eigenvalue weighted by Crippen LogP contribution is 2.20. The molecule has 23 heteroatoms. The van der Waals surface area contributed by atoms with Crippen LogP contribution in [0.4, 0.5) is 0 Å². The summed E-state index contributed by atoms with van der Waals surface area (Å²) in [7, 11) is -1.44. The van der Waals surface area contributed by atoms with Crippen LogP contribution in [-0.4, -0.2) is 134 Å². The van der Waals surface area contributed by atoms with Gasteiger partial charge in [-0.3, -0.25) is 47.4 Å². The molecule has 1 fully saturated rings. The first-order valence-corrected chi connectivity index (χ1v) is 23.8. The van der Waals surface area contributed by atoms with Crippen molar-refractivity contribution in [1.82, 2.24) is 57.5 Å². The number of carbonyl (C=O) groups excluding carboxylic acids is 9. The molecule has 3 heterocycles. The summed E-state index contributed by atoms with van der Waals surface area (Å²) in [5.41, 5.74) is 8.15. The molecule has 4 unspecified atom stereocenters. The van der Waals surface area contributed by atoms with Gasteiger partial charge in [0, 0.05) is 84.5 Å². The minimum Gasteiger partial charge on any atom is -0.368 e. The molecule has 7 atom stereocenters. The predicted molar refractivity (Wildman–Crippen MR) is 249 cm³/mol. The van der Waals surface area contributed by atoms with E-state index >= 15 is 0 Å². The fraction of sp³-hybridized carbons (Fsp3) is 0.422. The SMILES string of the molecule is CC(=O)NCC(=O)NC1CC(=O)NCCCCC(C(N)=O)NC(=O)[C@H](Cc2c[nH]c3ccccc23)NC(=O)[C@H](CCS(C)=O)NC(=O)C(Cc2ccccc2)NC(=O)[C@H](Cc2cnc[nH]2)NC1=O. The van der Waals surface area contributed by atoms with Crippen molar-refractivity contribution >= 4 is 74.9 Å². The number of fused-ring (bicyclic) bond motifs is 1. The molecule has 1 aliphatic rings. The van der Waals surface area contributed by atoms with Crippen molar-refractivity contribution in [3.63, 3.8) is 0 Å². The number of aromatic amines is 2. The molecule has 0 bridgehead atoms. The molecule has 68 heavy (non-hydrogen) atoms. The fourth-order valence-corrected chi connectivity index (χ4v) is 8.00. The van der Waals surface area contributed by atoms with E-state index < -0.39 is 113 Å². The van der Waals surface area contributed by atoms with E-state index in [1.807, 2.05) is 24.3 Å². The van der Waals surface area contributed by atoms with Gasteiger partial charge in [0.15, 0.2) is 0 Å². The van der Waals surface area contributed by atoms with Crippen LogP contribution in [-0.2, 0) is 73.2 Å². The average molecular weight is 959 g/mol. The maximum absolute atomic E-state index is 14.5. The van der Waals surface area contributed by atoms with E-state index in [0.29, 0.717) is 16.8 Å². The largest absolute Gasteiger partial charge is 0.368 e. The molecule has 12 N–H and O–H groups in total. The van der Waals surface area contributed by atoms with Gasteiger partial charge in [-0.15, -0.1) is 0 Å². The smallest absolute Gasteiger partial charge is 0.243 e. The zero-order valence-corrected chi connectivity index (χ0v) is 38.5. The van der Waals surface area contributed by atoms with Crippen LogP contribution in [0.25, 0.3) is 10.9 Å². The summed E-state index contributed by atoms with van der Waals surface area (Å²) in [6.07, 6.45) is 5.33. The van der Waals surface area contributed by atoms with Gasteiger partial charge in [-0.1, -0.05) is 48.5 Å². The van der Waals surface area contributed by atoms with Crippen molar-refractivity contribution in [1.29, 1.82) is 0 Å². The van der Waals surface area contributed by atoms with Gasteiger partial charge >= 0.3 is 0 Å². The minimum atomic E-state index is -1.56. The summed E-state index contributed by atoms with van der Waals surface area (Å²) in [6.45, 7) is 0.710. The van der Waals surface area contributed by atoms with Crippen molar-refractivity contribution in [2.75, 3.05) is 25.1 Å². The number of aromatic nitrogens is 3. The lowest BCUT2D eigenvalue weighted by molar-refractivity contribution is -0.136. The van der Waals surface area contributed by atoms with E-state index in [1.165, 1.54) is 25.7 Å². The van der Waals surface area contributed by atoms with Gasteiger partial charge in [-0.2, -0.15) is 0 Å². The molecule has 2 aromatic carbocycles. The van der Waals surface area contributed by atoms with E-state index in [-0.39, 0.29) is 57.2 Å². The van der Waals surface area contributed by atoms with Crippen LogP contribution in [0.5, 0.6) is 0 Å². The first kappa shape index (κ1) is 51.6. The van der Waals surface area contributed by atoms with Crippen LogP contribution in [0.1, 0.15) is 55.8 Å². The maximum Gasteiger partial charge on any atom is 0.243 e. The molecule has 22 nitrogen and oxygen atoms in total. The number of nitrogens with one attached hydrogen (secondary N) is 10. The lowest BCUT2D eigenvalue weighted by Gasteiger charge is -2.27. The second-order valence-electron chi connectivity index (χ2n) is 16.4. The maximum atomic E-state index is 14.5. The van der Waals surface area contributed by atoms with Gasteiger partial charge in [0.25, 0.3) is 0 Å². The molecule has 0 radical (unpaired) electrons. The van der Waals surface area contributed by atoms with Gasteiger partial charge in [0.2, 0.25) is 53.2 Å². The Morgan fingerprint density at radius 1 is 0.765 bits per heavy atom. The molecular weight excluding hydrogens is 901 g/mol. The number of hydrogen-bond donors (Lipinski definition) is 11.